The number of para-hydroxylation sites is 1. The molecule has 8 rings (SSSR count). The van der Waals surface area contributed by atoms with E-state index < -0.39 is 17.4 Å². The third-order valence-electron chi connectivity index (χ3n) is 14.1. The fraction of sp³-hybridized carbons (Fsp3) is 0.273. The number of allylic oxidation sites excluding steroid dienone is 3. The SMILES string of the molecule is CCCCCCc1cc(/C=C(\C#N)C(=O)O)sc1/C=C/c1ccc2c(N(C3=CCC(C)C=C3)c3ccccc3)c3ccc(/C=C/c4sc(CC(C)(C#N)C(=O)O)cc4CCCCCC)cc3c(-c3ccccc3)c2c1. The maximum Gasteiger partial charge on any atom is 0.346 e. The Morgan fingerprint density at radius 2 is 1.31 bits per heavy atom. The van der Waals surface area contributed by atoms with E-state index in [2.05, 4.69) is 177 Å². The number of carboxylic acids is 2. The van der Waals surface area contributed by atoms with Gasteiger partial charge in [-0.2, -0.15) is 10.5 Å². The number of aryl methyl sites for hydroxylation is 2. The Hall–Kier alpha value is -7.56. The van der Waals surface area contributed by atoms with E-state index in [0.717, 1.165) is 157 Å². The fourth-order valence-electron chi connectivity index (χ4n) is 9.89. The Bertz CT molecular complexity index is 3430. The summed E-state index contributed by atoms with van der Waals surface area (Å²) < 4.78 is 0. The third-order valence-corrected chi connectivity index (χ3v) is 16.3. The number of anilines is 2. The summed E-state index contributed by atoms with van der Waals surface area (Å²) in [5.41, 5.74) is 8.00. The lowest BCUT2D eigenvalue weighted by atomic mass is 9.87. The Labute approximate surface area is 450 Å². The maximum absolute atomic E-state index is 12.2. The van der Waals surface area contributed by atoms with Crippen LogP contribution in [0.15, 0.2) is 139 Å². The van der Waals surface area contributed by atoms with Crippen molar-refractivity contribution in [1.82, 2.24) is 0 Å². The molecule has 2 aromatic heterocycles. The number of carboxylic acid groups (broad SMARTS) is 2. The molecule has 5 aromatic carbocycles. The van der Waals surface area contributed by atoms with Crippen molar-refractivity contribution in [3.05, 3.63) is 180 Å². The summed E-state index contributed by atoms with van der Waals surface area (Å²) >= 11 is 3.09. The molecule has 0 fully saturated rings. The standard InChI is InChI=1S/C66H65N3O4S2/c1-5-7-9-13-21-49-39-54(41-51(43-67)64(70)71)74-60(49)35-29-46-27-33-56-58(37-46)62(48-19-15-11-16-20-48)59-38-47(28-34-57(59)63(56)69(52-23-17-12-18-24-52)53-31-25-45(3)26-32-53)30-36-61-50(22-14-10-8-6-2)40-55(75-61)42-66(4,44-68)65(72)73/h11-12,15-20,23-25,27-41,45H,5-10,13-14,21-22,26,42H2,1-4H3,(H,70,71)(H,72,73)/b35-29+,36-30+,51-41+. The number of unbranched alkanes of at least 4 members (excludes halogenated alkanes) is 6. The van der Waals surface area contributed by atoms with Crippen LogP contribution in [0.2, 0.25) is 0 Å². The van der Waals surface area contributed by atoms with Gasteiger partial charge in [-0.3, -0.25) is 4.79 Å². The molecular weight excluding hydrogens is 963 g/mol. The number of thiophene rings is 2. The van der Waals surface area contributed by atoms with Gasteiger partial charge in [-0.25, -0.2) is 4.79 Å². The van der Waals surface area contributed by atoms with Crippen molar-refractivity contribution >= 4 is 97.9 Å². The van der Waals surface area contributed by atoms with Gasteiger partial charge in [-0.15, -0.1) is 22.7 Å². The predicted molar refractivity (Wildman–Crippen MR) is 315 cm³/mol. The summed E-state index contributed by atoms with van der Waals surface area (Å²) in [7, 11) is 0. The monoisotopic (exact) mass is 1030 g/mol. The van der Waals surface area contributed by atoms with Gasteiger partial charge in [-0.1, -0.05) is 156 Å². The highest BCUT2D eigenvalue weighted by Gasteiger charge is 2.34. The number of fused-ring (bicyclic) bond motifs is 2. The van der Waals surface area contributed by atoms with Crippen LogP contribution in [0.5, 0.6) is 0 Å². The molecule has 0 radical (unpaired) electrons. The first-order valence-electron chi connectivity index (χ1n) is 26.4. The molecule has 0 saturated heterocycles. The molecule has 1 aliphatic carbocycles. The zero-order valence-corrected chi connectivity index (χ0v) is 45.1. The second kappa shape index (κ2) is 25.1. The highest BCUT2D eigenvalue weighted by Crippen LogP contribution is 2.48. The van der Waals surface area contributed by atoms with E-state index in [-0.39, 0.29) is 12.0 Å². The van der Waals surface area contributed by atoms with E-state index >= 15 is 0 Å². The van der Waals surface area contributed by atoms with Crippen molar-refractivity contribution in [3.63, 3.8) is 0 Å². The minimum absolute atomic E-state index is 0.146. The van der Waals surface area contributed by atoms with E-state index in [1.54, 1.807) is 11.3 Å². The second-order valence-electron chi connectivity index (χ2n) is 19.9. The van der Waals surface area contributed by atoms with Gasteiger partial charge >= 0.3 is 11.9 Å². The Kier molecular flexibility index (Phi) is 18.0. The number of nitriles is 2. The zero-order chi connectivity index (χ0) is 52.9. The molecule has 0 amide bonds. The molecule has 2 atom stereocenters. The molecule has 2 unspecified atom stereocenters. The van der Waals surface area contributed by atoms with Gasteiger partial charge in [-0.05, 0) is 150 Å². The molecule has 380 valence electrons. The highest BCUT2D eigenvalue weighted by molar-refractivity contribution is 7.14. The minimum atomic E-state index is -1.52. The van der Waals surface area contributed by atoms with Crippen LogP contribution in [0.4, 0.5) is 11.4 Å². The van der Waals surface area contributed by atoms with Crippen molar-refractivity contribution in [2.75, 3.05) is 4.90 Å². The number of carbonyl (C=O) groups is 2. The van der Waals surface area contributed by atoms with Gasteiger partial charge < -0.3 is 15.1 Å². The molecule has 0 aliphatic heterocycles. The number of hydrogen-bond acceptors (Lipinski definition) is 7. The van der Waals surface area contributed by atoms with E-state index in [1.165, 1.54) is 29.9 Å². The van der Waals surface area contributed by atoms with Crippen LogP contribution in [0.1, 0.15) is 127 Å². The van der Waals surface area contributed by atoms with E-state index in [4.69, 9.17) is 0 Å². The molecule has 7 nitrogen and oxygen atoms in total. The van der Waals surface area contributed by atoms with Crippen molar-refractivity contribution in [2.45, 2.75) is 105 Å². The van der Waals surface area contributed by atoms with E-state index in [9.17, 15) is 30.3 Å². The molecule has 0 spiro atoms. The molecular formula is C66H65N3O4S2. The average Bonchev–Trinajstić information content (AvgIpc) is 4.01. The molecule has 2 N–H and O–H groups in total. The van der Waals surface area contributed by atoms with Gasteiger partial charge in [0.1, 0.15) is 11.6 Å². The van der Waals surface area contributed by atoms with Crippen LogP contribution < -0.4 is 4.90 Å². The molecule has 1 aliphatic rings. The summed E-state index contributed by atoms with van der Waals surface area (Å²) in [6.45, 7) is 8.15. The summed E-state index contributed by atoms with van der Waals surface area (Å²) in [6, 6.07) is 42.8. The smallest absolute Gasteiger partial charge is 0.346 e. The Morgan fingerprint density at radius 3 is 1.84 bits per heavy atom. The minimum Gasteiger partial charge on any atom is -0.480 e. The number of benzene rings is 5. The van der Waals surface area contributed by atoms with Crippen molar-refractivity contribution < 1.29 is 19.8 Å². The van der Waals surface area contributed by atoms with Crippen LogP contribution in [0.25, 0.3) is 63.1 Å². The topological polar surface area (TPSA) is 125 Å². The maximum atomic E-state index is 12.2. The molecule has 2 heterocycles. The van der Waals surface area contributed by atoms with Crippen molar-refractivity contribution in [2.24, 2.45) is 11.3 Å². The number of nitrogens with zero attached hydrogens (tertiary/aromatic N) is 3. The highest BCUT2D eigenvalue weighted by atomic mass is 32.1. The van der Waals surface area contributed by atoms with Crippen LogP contribution in [-0.4, -0.2) is 22.2 Å². The summed E-state index contributed by atoms with van der Waals surface area (Å²) in [5, 5.41) is 43.6. The molecule has 0 saturated carbocycles. The number of hydrogen-bond donors (Lipinski definition) is 2. The first kappa shape index (κ1) is 53.7. The van der Waals surface area contributed by atoms with Gasteiger partial charge in [0.2, 0.25) is 0 Å². The lowest BCUT2D eigenvalue weighted by Crippen LogP contribution is -2.27. The normalized spacial score (nSPS) is 14.6. The third kappa shape index (κ3) is 12.9. The fourth-order valence-corrected chi connectivity index (χ4v) is 12.2. The van der Waals surface area contributed by atoms with Crippen molar-refractivity contribution in [1.29, 1.82) is 10.5 Å². The number of rotatable bonds is 23. The van der Waals surface area contributed by atoms with Gasteiger partial charge in [0.25, 0.3) is 0 Å². The second-order valence-corrected chi connectivity index (χ2v) is 22.2. The zero-order valence-electron chi connectivity index (χ0n) is 43.4. The lowest BCUT2D eigenvalue weighted by Gasteiger charge is -2.32. The molecule has 7 aromatic rings. The lowest BCUT2D eigenvalue weighted by molar-refractivity contribution is -0.144. The largest absolute Gasteiger partial charge is 0.480 e. The summed E-state index contributed by atoms with van der Waals surface area (Å²) in [4.78, 5) is 30.3. The van der Waals surface area contributed by atoms with Crippen molar-refractivity contribution in [3.8, 4) is 23.3 Å². The molecule has 9 heteroatoms. The first-order valence-corrected chi connectivity index (χ1v) is 28.0. The average molecular weight is 1030 g/mol. The van der Waals surface area contributed by atoms with Gasteiger partial charge in [0, 0.05) is 48.1 Å². The Morgan fingerprint density at radius 1 is 0.720 bits per heavy atom. The van der Waals surface area contributed by atoms with Gasteiger partial charge in [0.05, 0.1) is 11.8 Å². The summed E-state index contributed by atoms with van der Waals surface area (Å²) in [5.74, 6) is -1.92. The Balaban J connectivity index is 1.34. The molecule has 0 bridgehead atoms. The van der Waals surface area contributed by atoms with Crippen LogP contribution in [-0.2, 0) is 28.9 Å². The predicted octanol–water partition coefficient (Wildman–Crippen LogP) is 18.1. The van der Waals surface area contributed by atoms with Crippen LogP contribution >= 0.6 is 22.7 Å². The van der Waals surface area contributed by atoms with Crippen LogP contribution in [0.3, 0.4) is 0 Å². The quantitative estimate of drug-likeness (QED) is 0.0283. The van der Waals surface area contributed by atoms with Gasteiger partial charge in [0.15, 0.2) is 5.41 Å². The number of aliphatic carboxylic acids is 2. The summed E-state index contributed by atoms with van der Waals surface area (Å²) in [6.07, 6.45) is 28.7. The van der Waals surface area contributed by atoms with Crippen LogP contribution in [0, 0.1) is 34.0 Å². The van der Waals surface area contributed by atoms with E-state index in [1.807, 2.05) is 12.1 Å². The van der Waals surface area contributed by atoms with E-state index in [0.29, 0.717) is 5.92 Å². The first-order chi connectivity index (χ1) is 36.4. The molecule has 75 heavy (non-hydrogen) atoms.